The Kier molecular flexibility index (Phi) is 4.67. The maximum Gasteiger partial charge on any atom is 0.293 e. The molecule has 4 aromatic rings. The number of nitrogens with zero attached hydrogens (tertiary/aromatic N) is 1. The lowest BCUT2D eigenvalue weighted by atomic mass is 10.1. The molecule has 0 radical (unpaired) electrons. The second-order valence-corrected chi connectivity index (χ2v) is 7.49. The average Bonchev–Trinajstić information content (AvgIpc) is 3.29. The largest absolute Gasteiger partial charge is 0.459 e. The molecule has 0 aliphatic carbocycles. The Balaban J connectivity index is 1.53. The van der Waals surface area contributed by atoms with Crippen molar-refractivity contribution >= 4 is 44.2 Å². The number of aryl methyl sites for hydroxylation is 2. The van der Waals surface area contributed by atoms with Crippen LogP contribution in [0.15, 0.2) is 59.2 Å². The van der Waals surface area contributed by atoms with Gasteiger partial charge in [0.05, 0.1) is 16.5 Å². The number of furan rings is 1. The standard InChI is InChI=1S/C21H17N3O3S/c1-12-8-13(2)10-14(9-12)19(25)22-15-5-6-16-18(11-15)28-21(23-16)24-20(26)17-4-3-7-27-17/h3-11H,1-2H3,(H,22,25)(H,23,24,26). The van der Waals surface area contributed by atoms with E-state index in [9.17, 15) is 9.59 Å². The summed E-state index contributed by atoms with van der Waals surface area (Å²) in [5.41, 5.74) is 4.11. The minimum atomic E-state index is -0.354. The number of hydrogen-bond donors (Lipinski definition) is 2. The van der Waals surface area contributed by atoms with E-state index in [0.717, 1.165) is 21.3 Å². The predicted molar refractivity (Wildman–Crippen MR) is 110 cm³/mol. The first kappa shape index (κ1) is 17.9. The molecule has 140 valence electrons. The first-order valence-electron chi connectivity index (χ1n) is 8.63. The molecule has 0 atom stereocenters. The van der Waals surface area contributed by atoms with Crippen LogP contribution in [-0.2, 0) is 0 Å². The molecular formula is C21H17N3O3S. The van der Waals surface area contributed by atoms with Crippen LogP contribution in [0.4, 0.5) is 10.8 Å². The van der Waals surface area contributed by atoms with Crippen LogP contribution >= 0.6 is 11.3 Å². The van der Waals surface area contributed by atoms with Gasteiger partial charge in [0.2, 0.25) is 0 Å². The molecule has 0 fully saturated rings. The van der Waals surface area contributed by atoms with E-state index in [1.807, 2.05) is 44.2 Å². The Morgan fingerprint density at radius 1 is 0.964 bits per heavy atom. The topological polar surface area (TPSA) is 84.2 Å². The molecule has 28 heavy (non-hydrogen) atoms. The highest BCUT2D eigenvalue weighted by Crippen LogP contribution is 2.29. The Morgan fingerprint density at radius 3 is 2.46 bits per heavy atom. The van der Waals surface area contributed by atoms with E-state index in [-0.39, 0.29) is 17.6 Å². The van der Waals surface area contributed by atoms with Gasteiger partial charge >= 0.3 is 0 Å². The molecule has 0 bridgehead atoms. The van der Waals surface area contributed by atoms with E-state index < -0.39 is 0 Å². The first-order valence-corrected chi connectivity index (χ1v) is 9.45. The molecule has 0 aliphatic rings. The maximum atomic E-state index is 12.5. The minimum Gasteiger partial charge on any atom is -0.459 e. The fraction of sp³-hybridized carbons (Fsp3) is 0.0952. The summed E-state index contributed by atoms with van der Waals surface area (Å²) in [6.07, 6.45) is 1.44. The lowest BCUT2D eigenvalue weighted by Gasteiger charge is -2.07. The van der Waals surface area contributed by atoms with Crippen molar-refractivity contribution in [3.63, 3.8) is 0 Å². The summed E-state index contributed by atoms with van der Waals surface area (Å²) < 4.78 is 5.94. The Bertz CT molecular complexity index is 1160. The summed E-state index contributed by atoms with van der Waals surface area (Å²) in [5, 5.41) is 6.10. The predicted octanol–water partition coefficient (Wildman–Crippen LogP) is 5.01. The van der Waals surface area contributed by atoms with E-state index in [1.54, 1.807) is 18.2 Å². The van der Waals surface area contributed by atoms with Gasteiger partial charge < -0.3 is 9.73 Å². The highest BCUT2D eigenvalue weighted by atomic mass is 32.1. The molecule has 2 N–H and O–H groups in total. The molecule has 0 saturated heterocycles. The maximum absolute atomic E-state index is 12.5. The van der Waals surface area contributed by atoms with Crippen LogP contribution < -0.4 is 10.6 Å². The van der Waals surface area contributed by atoms with Crippen molar-refractivity contribution in [2.24, 2.45) is 0 Å². The summed E-state index contributed by atoms with van der Waals surface area (Å²) in [5.74, 6) is -0.296. The van der Waals surface area contributed by atoms with Gasteiger partial charge in [-0.1, -0.05) is 28.5 Å². The third kappa shape index (κ3) is 3.79. The zero-order valence-electron chi connectivity index (χ0n) is 15.3. The fourth-order valence-electron chi connectivity index (χ4n) is 2.93. The average molecular weight is 391 g/mol. The van der Waals surface area contributed by atoms with E-state index in [2.05, 4.69) is 15.6 Å². The van der Waals surface area contributed by atoms with Gasteiger partial charge in [0.15, 0.2) is 10.9 Å². The monoisotopic (exact) mass is 391 g/mol. The number of rotatable bonds is 4. The second-order valence-electron chi connectivity index (χ2n) is 6.46. The summed E-state index contributed by atoms with van der Waals surface area (Å²) in [6.45, 7) is 3.93. The highest BCUT2D eigenvalue weighted by molar-refractivity contribution is 7.22. The number of carbonyl (C=O) groups is 2. The van der Waals surface area contributed by atoms with Crippen LogP contribution in [0.3, 0.4) is 0 Å². The SMILES string of the molecule is Cc1cc(C)cc(C(=O)Nc2ccc3nc(NC(=O)c4ccco4)sc3c2)c1. The smallest absolute Gasteiger partial charge is 0.293 e. The van der Waals surface area contributed by atoms with Crippen molar-refractivity contribution < 1.29 is 14.0 Å². The summed E-state index contributed by atoms with van der Waals surface area (Å²) >= 11 is 1.33. The van der Waals surface area contributed by atoms with Gasteiger partial charge in [-0.05, 0) is 56.3 Å². The van der Waals surface area contributed by atoms with Crippen molar-refractivity contribution in [3.8, 4) is 0 Å². The Hall–Kier alpha value is -3.45. The zero-order valence-corrected chi connectivity index (χ0v) is 16.1. The van der Waals surface area contributed by atoms with E-state index in [1.165, 1.54) is 17.6 Å². The van der Waals surface area contributed by atoms with Crippen molar-refractivity contribution in [2.45, 2.75) is 13.8 Å². The zero-order chi connectivity index (χ0) is 19.7. The van der Waals surface area contributed by atoms with Crippen LogP contribution in [0.5, 0.6) is 0 Å². The molecule has 6 nitrogen and oxygen atoms in total. The van der Waals surface area contributed by atoms with Gasteiger partial charge in [0.25, 0.3) is 11.8 Å². The number of amides is 2. The minimum absolute atomic E-state index is 0.165. The van der Waals surface area contributed by atoms with Crippen LogP contribution in [-0.4, -0.2) is 16.8 Å². The molecule has 2 aromatic heterocycles. The third-order valence-corrected chi connectivity index (χ3v) is 5.03. The van der Waals surface area contributed by atoms with E-state index in [0.29, 0.717) is 16.4 Å². The van der Waals surface area contributed by atoms with Gasteiger partial charge in [0.1, 0.15) is 0 Å². The van der Waals surface area contributed by atoms with Gasteiger partial charge in [-0.2, -0.15) is 0 Å². The molecule has 4 rings (SSSR count). The van der Waals surface area contributed by atoms with Gasteiger partial charge in [0, 0.05) is 11.3 Å². The summed E-state index contributed by atoms with van der Waals surface area (Å²) in [6, 6.07) is 14.4. The molecule has 0 spiro atoms. The van der Waals surface area contributed by atoms with Crippen molar-refractivity contribution in [2.75, 3.05) is 10.6 Å². The number of fused-ring (bicyclic) bond motifs is 1. The number of carbonyl (C=O) groups excluding carboxylic acids is 2. The van der Waals surface area contributed by atoms with Gasteiger partial charge in [-0.15, -0.1) is 0 Å². The molecule has 7 heteroatoms. The van der Waals surface area contributed by atoms with Crippen LogP contribution in [0.25, 0.3) is 10.2 Å². The van der Waals surface area contributed by atoms with E-state index >= 15 is 0 Å². The van der Waals surface area contributed by atoms with Crippen molar-refractivity contribution in [1.29, 1.82) is 0 Å². The van der Waals surface area contributed by atoms with Crippen molar-refractivity contribution in [3.05, 3.63) is 77.2 Å². The normalized spacial score (nSPS) is 10.8. The number of hydrogen-bond acceptors (Lipinski definition) is 5. The molecule has 0 aliphatic heterocycles. The quantitative estimate of drug-likeness (QED) is 0.512. The molecule has 0 saturated carbocycles. The van der Waals surface area contributed by atoms with Crippen LogP contribution in [0.1, 0.15) is 32.0 Å². The molecule has 2 aromatic carbocycles. The van der Waals surface area contributed by atoms with Crippen LogP contribution in [0, 0.1) is 13.8 Å². The Labute approximate surface area is 165 Å². The third-order valence-electron chi connectivity index (χ3n) is 4.10. The second kappa shape index (κ2) is 7.28. The number of nitrogens with one attached hydrogen (secondary N) is 2. The fourth-order valence-corrected chi connectivity index (χ4v) is 3.83. The number of thiazole rings is 1. The summed E-state index contributed by atoms with van der Waals surface area (Å²) in [7, 11) is 0. The Morgan fingerprint density at radius 2 is 1.75 bits per heavy atom. The highest BCUT2D eigenvalue weighted by Gasteiger charge is 2.13. The van der Waals surface area contributed by atoms with Gasteiger partial charge in [-0.25, -0.2) is 4.98 Å². The van der Waals surface area contributed by atoms with E-state index in [4.69, 9.17) is 4.42 Å². The number of anilines is 2. The molecule has 2 amide bonds. The lowest BCUT2D eigenvalue weighted by molar-refractivity contribution is 0.0994. The number of benzene rings is 2. The molecular weight excluding hydrogens is 374 g/mol. The number of aromatic nitrogens is 1. The van der Waals surface area contributed by atoms with Crippen molar-refractivity contribution in [1.82, 2.24) is 4.98 Å². The van der Waals surface area contributed by atoms with Gasteiger partial charge in [-0.3, -0.25) is 14.9 Å². The molecule has 2 heterocycles. The lowest BCUT2D eigenvalue weighted by Crippen LogP contribution is -2.12. The summed E-state index contributed by atoms with van der Waals surface area (Å²) in [4.78, 5) is 29.0. The first-order chi connectivity index (χ1) is 13.5. The molecule has 0 unspecified atom stereocenters. The van der Waals surface area contributed by atoms with Crippen LogP contribution in [0.2, 0.25) is 0 Å².